The van der Waals surface area contributed by atoms with E-state index in [-0.39, 0.29) is 66.7 Å². The Bertz CT molecular complexity index is 4600. The van der Waals surface area contributed by atoms with E-state index in [0.29, 0.717) is 89.6 Å². The number of aliphatic hydroxyl groups is 3. The van der Waals surface area contributed by atoms with Gasteiger partial charge in [-0.3, -0.25) is 48.2 Å². The highest BCUT2D eigenvalue weighted by molar-refractivity contribution is 7.85. The number of Topliss-reactive ketones (excluding diaryl/α,β-unsaturated/α-hetero) is 2. The van der Waals surface area contributed by atoms with Crippen molar-refractivity contribution in [1.29, 1.82) is 0 Å². The van der Waals surface area contributed by atoms with E-state index in [0.717, 1.165) is 68.3 Å². The predicted molar refractivity (Wildman–Crippen MR) is 388 cm³/mol. The molecule has 6 heterocycles. The van der Waals surface area contributed by atoms with Gasteiger partial charge in [-0.2, -0.15) is 13.5 Å². The van der Waals surface area contributed by atoms with E-state index in [1.54, 1.807) is 56.4 Å². The molecule has 8 N–H and O–H groups in total. The molecule has 4 saturated carbocycles. The molecule has 31 heteroatoms. The maximum atomic E-state index is 14.3. The number of thiazole rings is 1. The quantitative estimate of drug-likeness (QED) is 0.0172. The average Bonchev–Trinajstić information content (AvgIpc) is 0.845. The second kappa shape index (κ2) is 30.8. The smallest absolute Gasteiger partial charge is 0.410 e. The Morgan fingerprint density at radius 3 is 2.25 bits per heavy atom. The molecule has 4 bridgehead atoms. The number of hydrogen-bond acceptors (Lipinski definition) is 22. The molecule has 3 aromatic carbocycles. The van der Waals surface area contributed by atoms with Crippen molar-refractivity contribution in [2.45, 2.75) is 174 Å². The summed E-state index contributed by atoms with van der Waals surface area (Å²) in [4.78, 5) is 131. The molecule has 5 fully saturated rings. The lowest BCUT2D eigenvalue weighted by Gasteiger charge is -2.69. The molecule has 1 saturated heterocycles. The summed E-state index contributed by atoms with van der Waals surface area (Å²) < 4.78 is 55.9. The summed E-state index contributed by atoms with van der Waals surface area (Å²) in [6, 6.07) is 20.5. The van der Waals surface area contributed by atoms with Gasteiger partial charge in [0.15, 0.2) is 28.5 Å². The van der Waals surface area contributed by atoms with E-state index in [2.05, 4.69) is 29.5 Å². The number of nitrogens with one attached hydrogen (secondary N) is 2. The predicted octanol–water partition coefficient (Wildman–Crippen LogP) is 6.68. The van der Waals surface area contributed by atoms with Crippen molar-refractivity contribution in [3.8, 4) is 11.1 Å². The van der Waals surface area contributed by atoms with Crippen LogP contribution in [0.2, 0.25) is 0 Å². The second-order valence-corrected chi connectivity index (χ2v) is 33.5. The molecule has 6 aromatic rings. The number of carbonyl (C=O) groups is 9. The number of amides is 5. The normalized spacial score (nSPS) is 25.1. The number of para-hydroxylation sites is 1. The third-order valence-corrected chi connectivity index (χ3v) is 23.6. The highest BCUT2D eigenvalue weighted by atomic mass is 32.2. The number of aliphatic hydroxyl groups excluding tert-OH is 3. The lowest BCUT2D eigenvalue weighted by atomic mass is 9.39. The molecule has 5 amide bonds. The zero-order valence-corrected chi connectivity index (χ0v) is 61.9. The summed E-state index contributed by atoms with van der Waals surface area (Å²) in [5, 5.41) is 63.7. The molecule has 7 aliphatic rings. The number of hydrogen-bond donors (Lipinski definition) is 8. The zero-order valence-electron chi connectivity index (χ0n) is 60.3. The first kappa shape index (κ1) is 77.4. The number of aliphatic carboxylic acids is 1. The van der Waals surface area contributed by atoms with E-state index >= 15 is 0 Å². The molecule has 13 rings (SSSR count). The van der Waals surface area contributed by atoms with Crippen LogP contribution in [0.4, 0.5) is 15.7 Å². The molecule has 0 radical (unpaired) electrons. The van der Waals surface area contributed by atoms with E-state index in [9.17, 15) is 81.7 Å². The Kier molecular flexibility index (Phi) is 22.3. The van der Waals surface area contributed by atoms with Crippen LogP contribution in [0.5, 0.6) is 0 Å². The minimum atomic E-state index is -4.62. The fourth-order valence-electron chi connectivity index (χ4n) is 17.9. The van der Waals surface area contributed by atoms with Crippen molar-refractivity contribution < 1.29 is 95.9 Å². The van der Waals surface area contributed by atoms with Gasteiger partial charge in [0.2, 0.25) is 5.91 Å². The van der Waals surface area contributed by atoms with E-state index in [1.807, 2.05) is 52.9 Å². The monoisotopic (exact) mass is 1510 g/mol. The lowest BCUT2D eigenvalue weighted by molar-refractivity contribution is -0.248. The topological polar surface area (TPSA) is 414 Å². The van der Waals surface area contributed by atoms with Crippen molar-refractivity contribution in [3.63, 3.8) is 0 Å². The average molecular weight is 1510 g/mol. The Morgan fingerprint density at radius 2 is 1.56 bits per heavy atom. The first-order valence-corrected chi connectivity index (χ1v) is 38.2. The van der Waals surface area contributed by atoms with Gasteiger partial charge in [-0.1, -0.05) is 81.5 Å². The number of aryl methyl sites for hydroxylation is 1. The van der Waals surface area contributed by atoms with Gasteiger partial charge in [0.25, 0.3) is 27.8 Å². The Labute approximate surface area is 621 Å². The number of nitrogens with zero attached hydrogens (tertiary/aromatic N) is 7. The number of anilines is 2. The number of carbonyl (C=O) groups excluding carboxylic acids is 7. The van der Waals surface area contributed by atoms with E-state index in [4.69, 9.17) is 24.3 Å². The third kappa shape index (κ3) is 17.2. The molecule has 3 aliphatic heterocycles. The number of rotatable bonds is 30. The van der Waals surface area contributed by atoms with Crippen molar-refractivity contribution in [1.82, 2.24) is 34.9 Å². The largest absolute Gasteiger partial charge is 0.479 e. The molecule has 0 spiro atoms. The Morgan fingerprint density at radius 1 is 0.832 bits per heavy atom. The van der Waals surface area contributed by atoms with Crippen molar-refractivity contribution in [2.24, 2.45) is 28.1 Å². The number of carboxylic acid groups (broad SMARTS) is 2. The van der Waals surface area contributed by atoms with Crippen LogP contribution in [0.1, 0.15) is 140 Å². The van der Waals surface area contributed by atoms with Crippen molar-refractivity contribution in [2.75, 3.05) is 48.8 Å². The number of carboxylic acids is 2. The number of aromatic carboxylic acids is 1. The fraction of sp³-hybridized carbons (Fsp3) is 0.500. The number of pyridine rings is 1. The summed E-state index contributed by atoms with van der Waals surface area (Å²) in [5.74, 6) is -7.75. The second-order valence-electron chi connectivity index (χ2n) is 30.9. The van der Waals surface area contributed by atoms with E-state index < -0.39 is 137 Å². The Hall–Kier alpha value is -9.21. The van der Waals surface area contributed by atoms with Gasteiger partial charge in [0.1, 0.15) is 30.7 Å². The zero-order chi connectivity index (χ0) is 76.8. The lowest BCUT2D eigenvalue weighted by Crippen LogP contribution is -2.64. The minimum Gasteiger partial charge on any atom is -0.479 e. The van der Waals surface area contributed by atoms with Crippen LogP contribution in [0.25, 0.3) is 21.3 Å². The summed E-state index contributed by atoms with van der Waals surface area (Å²) in [6.07, 6.45) is -1.61. The molecule has 107 heavy (non-hydrogen) atoms. The van der Waals surface area contributed by atoms with E-state index in [1.165, 1.54) is 18.3 Å². The molecule has 2 unspecified atom stereocenters. The van der Waals surface area contributed by atoms with Crippen LogP contribution in [-0.2, 0) is 92.1 Å². The molecule has 3 aromatic heterocycles. The summed E-state index contributed by atoms with van der Waals surface area (Å²) in [5.41, 5.74) is 4.42. The third-order valence-electron chi connectivity index (χ3n) is 21.9. The fourth-order valence-corrected chi connectivity index (χ4v) is 19.2. The van der Waals surface area contributed by atoms with Crippen molar-refractivity contribution in [3.05, 3.63) is 136 Å². The molecule has 9 atom stereocenters. The van der Waals surface area contributed by atoms with Crippen molar-refractivity contribution >= 4 is 95.8 Å². The number of imide groups is 1. The van der Waals surface area contributed by atoms with Gasteiger partial charge in [-0.15, -0.1) is 0 Å². The van der Waals surface area contributed by atoms with Gasteiger partial charge >= 0.3 is 18.0 Å². The van der Waals surface area contributed by atoms with Gasteiger partial charge in [0, 0.05) is 86.0 Å². The first-order valence-electron chi connectivity index (χ1n) is 35.8. The van der Waals surface area contributed by atoms with Crippen LogP contribution < -0.4 is 15.5 Å². The van der Waals surface area contributed by atoms with Crippen LogP contribution >= 0.6 is 11.3 Å². The maximum absolute atomic E-state index is 14.3. The standard InChI is InChI=1S/C76H89N9O20S2/c1-42(2)52(30-49(86)32-84-60(88)20-21-61(84)89)68(94)78-43(3)56(87)29-45-14-15-48(47(28-45)16-18-57-63(90)64(91)65(92)66(105-57)70(97)98)34-103-72(99)82(25-27-107(100,101)102)24-26-104-76-38-73(5)35-74(6,39-76)37-75(36-73,40-76)41-85-44(4)53(31-77-85)50-17-19-59(80-62(50)69(95)96)83-23-22-46-10-9-11-51(54(46)33-83)67(93)81-71-79-55-12-7-8-13-58(55)106-71/h7-15,17,19-21,28,31,42-43,52,57,63-66,90-92H,16,18,22-27,29-30,32-41H2,1-6H3,(H,78,94)(H,95,96)(H,97,98)(H,79,81,93)(H,100,101,102)/t43-,52-,57-,63-,64+,65-,66-,73?,74?,75?,76?/m0/s1. The number of ether oxygens (including phenoxy) is 3. The molecular weight excluding hydrogens is 1420 g/mol. The van der Waals surface area contributed by atoms with Gasteiger partial charge < -0.3 is 54.9 Å². The highest BCUT2D eigenvalue weighted by Crippen LogP contribution is 2.72. The van der Waals surface area contributed by atoms with Gasteiger partial charge in [0.05, 0.1) is 53.1 Å². The van der Waals surface area contributed by atoms with Crippen LogP contribution in [0, 0.1) is 35.0 Å². The minimum absolute atomic E-state index is 0.0530. The Balaban J connectivity index is 0.716. The van der Waals surface area contributed by atoms with Gasteiger partial charge in [-0.05, 0) is 152 Å². The maximum Gasteiger partial charge on any atom is 0.410 e. The number of ketones is 2. The summed E-state index contributed by atoms with van der Waals surface area (Å²) in [7, 11) is -4.62. The SMILES string of the molecule is Cc1c(-c2ccc(N3CCc4cccc(C(=O)Nc5nc6ccccc6s5)c4C3)nc2C(=O)O)cnn1CC12CC3(C)CC(C)(C1)CC(OCCN(CCS(=O)(=O)O)C(=O)OCc1ccc(CC(=O)[C@H](C)NC(=O)[C@@H](CC(=O)CN4C(=O)C=CC4=O)C(C)C)cc1CC[C@@H]1O[C@H](C(=O)O)[C@@H](O)[C@H](O)[C@H]1O)(C3)C2. The number of benzene rings is 3. The number of fused-ring (bicyclic) bond motifs is 2. The molecular formula is C76H89N9O20S2. The molecule has 4 aliphatic carbocycles. The molecule has 570 valence electrons. The number of aromatic nitrogens is 4. The van der Waals surface area contributed by atoms with Gasteiger partial charge in [-0.25, -0.2) is 24.4 Å². The van der Waals surface area contributed by atoms with Crippen LogP contribution in [0.15, 0.2) is 91.1 Å². The summed E-state index contributed by atoms with van der Waals surface area (Å²) in [6.45, 7) is 10.9. The first-order chi connectivity index (χ1) is 50.6. The van der Waals surface area contributed by atoms with Crippen LogP contribution in [0.3, 0.4) is 0 Å². The van der Waals surface area contributed by atoms with Crippen LogP contribution in [-0.4, -0.2) is 202 Å². The summed E-state index contributed by atoms with van der Waals surface area (Å²) >= 11 is 1.39. The molecule has 29 nitrogen and oxygen atoms in total. The highest BCUT2D eigenvalue weighted by Gasteiger charge is 2.66.